The van der Waals surface area contributed by atoms with Crippen LogP contribution in [0.2, 0.25) is 0 Å². The van der Waals surface area contributed by atoms with Gasteiger partial charge in [-0.3, -0.25) is 4.79 Å². The molecule has 0 radical (unpaired) electrons. The number of aromatic nitrogens is 2. The highest BCUT2D eigenvalue weighted by Gasteiger charge is 2.28. The summed E-state index contributed by atoms with van der Waals surface area (Å²) in [7, 11) is -3.53. The third kappa shape index (κ3) is 4.91. The summed E-state index contributed by atoms with van der Waals surface area (Å²) < 4.78 is 37.6. The molecule has 0 bridgehead atoms. The van der Waals surface area contributed by atoms with Crippen LogP contribution in [-0.2, 0) is 16.4 Å². The Morgan fingerprint density at radius 2 is 1.94 bits per heavy atom. The molecule has 4 rings (SSSR count). The molecule has 1 atom stereocenters. The Hall–Kier alpha value is -2.98. The van der Waals surface area contributed by atoms with E-state index in [-0.39, 0.29) is 22.7 Å². The molecule has 3 heterocycles. The molecule has 1 aliphatic rings. The maximum atomic E-state index is 12.9. The highest BCUT2D eigenvalue weighted by Crippen LogP contribution is 2.25. The Labute approximate surface area is 186 Å². The lowest BCUT2D eigenvalue weighted by molar-refractivity contribution is 0.0895. The summed E-state index contributed by atoms with van der Waals surface area (Å²) in [5.41, 5.74) is 0.558. The predicted molar refractivity (Wildman–Crippen MR) is 116 cm³/mol. The van der Waals surface area contributed by atoms with Gasteiger partial charge in [-0.05, 0) is 62.1 Å². The Kier molecular flexibility index (Phi) is 6.43. The lowest BCUT2D eigenvalue weighted by Gasteiger charge is -2.29. The van der Waals surface area contributed by atoms with E-state index in [1.54, 1.807) is 24.5 Å². The van der Waals surface area contributed by atoms with E-state index < -0.39 is 15.9 Å². The van der Waals surface area contributed by atoms with E-state index in [2.05, 4.69) is 22.4 Å². The van der Waals surface area contributed by atoms with Gasteiger partial charge in [-0.2, -0.15) is 9.29 Å². The van der Waals surface area contributed by atoms with Gasteiger partial charge in [0.1, 0.15) is 5.76 Å². The first-order valence-corrected chi connectivity index (χ1v) is 12.0. The van der Waals surface area contributed by atoms with Crippen LogP contribution in [0.15, 0.2) is 56.5 Å². The first-order valence-electron chi connectivity index (χ1n) is 10.6. The van der Waals surface area contributed by atoms with Gasteiger partial charge in [-0.15, -0.1) is 0 Å². The fourth-order valence-corrected chi connectivity index (χ4v) is 5.12. The monoisotopic (exact) mass is 458 g/mol. The normalized spacial score (nSPS) is 16.7. The van der Waals surface area contributed by atoms with E-state index in [1.165, 1.54) is 16.4 Å². The van der Waals surface area contributed by atoms with Gasteiger partial charge in [-0.1, -0.05) is 12.1 Å². The van der Waals surface area contributed by atoms with Crippen molar-refractivity contribution in [3.8, 4) is 11.4 Å². The van der Waals surface area contributed by atoms with E-state index >= 15 is 0 Å². The largest absolute Gasteiger partial charge is 0.469 e. The Morgan fingerprint density at radius 1 is 1.22 bits per heavy atom. The summed E-state index contributed by atoms with van der Waals surface area (Å²) in [5.74, 6) is 0.871. The zero-order valence-electron chi connectivity index (χ0n) is 18.0. The number of carbonyl (C=O) groups is 1. The Balaban J connectivity index is 1.41. The van der Waals surface area contributed by atoms with Crippen molar-refractivity contribution in [3.63, 3.8) is 0 Å². The number of hydrogen-bond acceptors (Lipinski definition) is 7. The van der Waals surface area contributed by atoms with Crippen molar-refractivity contribution >= 4 is 15.9 Å². The average molecular weight is 459 g/mol. The standard InChI is InChI=1S/C22H26N4O5S/c1-15-9-11-26(12-10-15)32(28,29)19-7-5-17(6-8-19)20-24-22(31-25-20)21(27)23-16(2)14-18-4-3-13-30-18/h3-8,13,15-16H,9-12,14H2,1-2H3,(H,23,27)/t16-/m1/s1. The van der Waals surface area contributed by atoms with Crippen molar-refractivity contribution in [2.75, 3.05) is 13.1 Å². The maximum absolute atomic E-state index is 12.9. The van der Waals surface area contributed by atoms with E-state index in [0.29, 0.717) is 31.0 Å². The van der Waals surface area contributed by atoms with Crippen molar-refractivity contribution in [2.45, 2.75) is 44.0 Å². The molecule has 1 amide bonds. The van der Waals surface area contributed by atoms with E-state index in [9.17, 15) is 13.2 Å². The van der Waals surface area contributed by atoms with Crippen molar-refractivity contribution < 1.29 is 22.2 Å². The minimum absolute atomic E-state index is 0.162. The number of carbonyl (C=O) groups excluding carboxylic acids is 1. The molecule has 0 aliphatic carbocycles. The number of hydrogen-bond donors (Lipinski definition) is 1. The lowest BCUT2D eigenvalue weighted by Crippen LogP contribution is -2.37. The molecule has 9 nitrogen and oxygen atoms in total. The van der Waals surface area contributed by atoms with Crippen LogP contribution in [0.1, 0.15) is 43.1 Å². The smallest absolute Gasteiger partial charge is 0.316 e. The van der Waals surface area contributed by atoms with Gasteiger partial charge in [0, 0.05) is 31.1 Å². The molecule has 10 heteroatoms. The molecule has 0 spiro atoms. The highest BCUT2D eigenvalue weighted by molar-refractivity contribution is 7.89. The van der Waals surface area contributed by atoms with Crippen LogP contribution >= 0.6 is 0 Å². The summed E-state index contributed by atoms with van der Waals surface area (Å²) in [6.45, 7) is 5.05. The fourth-order valence-electron chi connectivity index (χ4n) is 3.65. The molecule has 170 valence electrons. The molecule has 1 fully saturated rings. The molecule has 2 aromatic heterocycles. The maximum Gasteiger partial charge on any atom is 0.316 e. The van der Waals surface area contributed by atoms with Gasteiger partial charge < -0.3 is 14.3 Å². The van der Waals surface area contributed by atoms with Crippen molar-refractivity contribution in [1.82, 2.24) is 19.8 Å². The Morgan fingerprint density at radius 3 is 2.59 bits per heavy atom. The minimum Gasteiger partial charge on any atom is -0.469 e. The molecular weight excluding hydrogens is 432 g/mol. The van der Waals surface area contributed by atoms with Crippen LogP contribution in [-0.4, -0.2) is 47.9 Å². The average Bonchev–Trinajstić information content (AvgIpc) is 3.46. The number of rotatable bonds is 7. The van der Waals surface area contributed by atoms with Crippen LogP contribution in [0.5, 0.6) is 0 Å². The second-order valence-corrected chi connectivity index (χ2v) is 10.1. The van der Waals surface area contributed by atoms with Crippen LogP contribution in [0, 0.1) is 5.92 Å². The van der Waals surface area contributed by atoms with Gasteiger partial charge in [0.25, 0.3) is 0 Å². The molecule has 1 saturated heterocycles. The molecule has 0 unspecified atom stereocenters. The third-order valence-electron chi connectivity index (χ3n) is 5.58. The third-order valence-corrected chi connectivity index (χ3v) is 7.49. The van der Waals surface area contributed by atoms with Gasteiger partial charge in [-0.25, -0.2) is 8.42 Å². The summed E-state index contributed by atoms with van der Waals surface area (Å²) in [5, 5.41) is 6.64. The van der Waals surface area contributed by atoms with Gasteiger partial charge in [0.05, 0.1) is 11.2 Å². The number of nitrogens with one attached hydrogen (secondary N) is 1. The molecule has 0 saturated carbocycles. The van der Waals surface area contributed by atoms with Gasteiger partial charge >= 0.3 is 11.8 Å². The highest BCUT2D eigenvalue weighted by atomic mass is 32.2. The number of sulfonamides is 1. The van der Waals surface area contributed by atoms with Crippen molar-refractivity contribution in [3.05, 3.63) is 54.3 Å². The zero-order valence-corrected chi connectivity index (χ0v) is 18.8. The molecule has 32 heavy (non-hydrogen) atoms. The van der Waals surface area contributed by atoms with Crippen LogP contribution < -0.4 is 5.32 Å². The summed E-state index contributed by atoms with van der Waals surface area (Å²) in [6, 6.07) is 9.73. The van der Waals surface area contributed by atoms with Gasteiger partial charge in [0.15, 0.2) is 0 Å². The minimum atomic E-state index is -3.53. The summed E-state index contributed by atoms with van der Waals surface area (Å²) >= 11 is 0. The quantitative estimate of drug-likeness (QED) is 0.578. The predicted octanol–water partition coefficient (Wildman–Crippen LogP) is 3.11. The molecule has 1 aliphatic heterocycles. The van der Waals surface area contributed by atoms with E-state index in [4.69, 9.17) is 8.94 Å². The number of piperidine rings is 1. The summed E-state index contributed by atoms with van der Waals surface area (Å²) in [6.07, 6.45) is 3.85. The van der Waals surface area contributed by atoms with Crippen molar-refractivity contribution in [1.29, 1.82) is 0 Å². The SMILES string of the molecule is CC1CCN(S(=O)(=O)c2ccc(-c3noc(C(=O)N[C@H](C)Cc4ccco4)n3)cc2)CC1. The number of nitrogens with zero attached hydrogens (tertiary/aromatic N) is 3. The van der Waals surface area contributed by atoms with Crippen LogP contribution in [0.4, 0.5) is 0 Å². The summed E-state index contributed by atoms with van der Waals surface area (Å²) in [4.78, 5) is 16.8. The van der Waals surface area contributed by atoms with Crippen LogP contribution in [0.3, 0.4) is 0 Å². The van der Waals surface area contributed by atoms with E-state index in [1.807, 2.05) is 13.0 Å². The molecule has 1 aromatic carbocycles. The van der Waals surface area contributed by atoms with Crippen molar-refractivity contribution in [2.24, 2.45) is 5.92 Å². The first kappa shape index (κ1) is 22.2. The lowest BCUT2D eigenvalue weighted by atomic mass is 10.0. The molecule has 1 N–H and O–H groups in total. The number of benzene rings is 1. The molecular formula is C22H26N4O5S. The Bertz CT molecular complexity index is 1150. The zero-order chi connectivity index (χ0) is 22.7. The van der Waals surface area contributed by atoms with E-state index in [0.717, 1.165) is 18.6 Å². The second kappa shape index (κ2) is 9.25. The number of amides is 1. The fraction of sp³-hybridized carbons (Fsp3) is 0.409. The number of furan rings is 1. The topological polar surface area (TPSA) is 119 Å². The first-order chi connectivity index (χ1) is 15.3. The second-order valence-electron chi connectivity index (χ2n) is 8.19. The van der Waals surface area contributed by atoms with Crippen LogP contribution in [0.25, 0.3) is 11.4 Å². The van der Waals surface area contributed by atoms with Gasteiger partial charge in [0.2, 0.25) is 15.8 Å². The molecule has 3 aromatic rings.